The molecule has 0 spiro atoms. The molecule has 2 amide bonds. The van der Waals surface area contributed by atoms with Crippen LogP contribution in [0.25, 0.3) is 10.9 Å². The SMILES string of the molecule is Cn1ccc2cc(NC(=O)NCc3ccc4c(c3)OCO4)ccc21. The lowest BCUT2D eigenvalue weighted by Gasteiger charge is -2.09. The topological polar surface area (TPSA) is 64.5 Å². The normalized spacial score (nSPS) is 12.4. The number of hydrogen-bond acceptors (Lipinski definition) is 3. The minimum Gasteiger partial charge on any atom is -0.454 e. The molecule has 2 heterocycles. The molecule has 1 aliphatic heterocycles. The fourth-order valence-corrected chi connectivity index (χ4v) is 2.77. The third-order valence-electron chi connectivity index (χ3n) is 4.03. The number of carbonyl (C=O) groups excluding carboxylic acids is 1. The Balaban J connectivity index is 1.39. The van der Waals surface area contributed by atoms with Crippen LogP contribution in [0.5, 0.6) is 11.5 Å². The quantitative estimate of drug-likeness (QED) is 0.778. The van der Waals surface area contributed by atoms with Crippen molar-refractivity contribution >= 4 is 22.6 Å². The highest BCUT2D eigenvalue weighted by Gasteiger charge is 2.13. The third kappa shape index (κ3) is 2.74. The number of ether oxygens (including phenoxy) is 2. The summed E-state index contributed by atoms with van der Waals surface area (Å²) in [6.07, 6.45) is 1.99. The standard InChI is InChI=1S/C18H17N3O3/c1-21-7-6-13-9-14(3-4-15(13)21)20-18(22)19-10-12-2-5-16-17(8-12)24-11-23-16/h2-9H,10-11H2,1H3,(H2,19,20,22). The lowest BCUT2D eigenvalue weighted by Crippen LogP contribution is -2.28. The molecule has 0 saturated carbocycles. The Kier molecular flexibility index (Phi) is 3.49. The number of aromatic nitrogens is 1. The average Bonchev–Trinajstić information content (AvgIpc) is 3.19. The highest BCUT2D eigenvalue weighted by molar-refractivity contribution is 5.92. The maximum Gasteiger partial charge on any atom is 0.319 e. The Bertz CT molecular complexity index is 917. The van der Waals surface area contributed by atoms with Crippen LogP contribution >= 0.6 is 0 Å². The van der Waals surface area contributed by atoms with Crippen LogP contribution < -0.4 is 20.1 Å². The van der Waals surface area contributed by atoms with Gasteiger partial charge in [0.25, 0.3) is 0 Å². The first-order valence-electron chi connectivity index (χ1n) is 7.67. The third-order valence-corrected chi connectivity index (χ3v) is 4.03. The predicted octanol–water partition coefficient (Wildman–Crippen LogP) is 3.23. The van der Waals surface area contributed by atoms with E-state index in [0.29, 0.717) is 12.3 Å². The van der Waals surface area contributed by atoms with Crippen LogP contribution in [0.4, 0.5) is 10.5 Å². The summed E-state index contributed by atoms with van der Waals surface area (Å²) in [5.74, 6) is 1.45. The largest absolute Gasteiger partial charge is 0.454 e. The Morgan fingerprint density at radius 3 is 2.92 bits per heavy atom. The van der Waals surface area contributed by atoms with Gasteiger partial charge in [-0.05, 0) is 42.0 Å². The number of anilines is 1. The number of nitrogens with zero attached hydrogens (tertiary/aromatic N) is 1. The molecule has 0 unspecified atom stereocenters. The fourth-order valence-electron chi connectivity index (χ4n) is 2.77. The van der Waals surface area contributed by atoms with Crippen LogP contribution in [-0.4, -0.2) is 17.4 Å². The highest BCUT2D eigenvalue weighted by atomic mass is 16.7. The lowest BCUT2D eigenvalue weighted by molar-refractivity contribution is 0.174. The van der Waals surface area contributed by atoms with E-state index < -0.39 is 0 Å². The second kappa shape index (κ2) is 5.81. The van der Waals surface area contributed by atoms with E-state index in [9.17, 15) is 4.79 Å². The zero-order chi connectivity index (χ0) is 16.5. The zero-order valence-electron chi connectivity index (χ0n) is 13.2. The van der Waals surface area contributed by atoms with E-state index in [2.05, 4.69) is 10.6 Å². The molecule has 122 valence electrons. The van der Waals surface area contributed by atoms with Gasteiger partial charge in [-0.3, -0.25) is 0 Å². The summed E-state index contributed by atoms with van der Waals surface area (Å²) < 4.78 is 12.6. The van der Waals surface area contributed by atoms with Crippen LogP contribution in [0.15, 0.2) is 48.7 Å². The smallest absolute Gasteiger partial charge is 0.319 e. The van der Waals surface area contributed by atoms with Gasteiger partial charge in [-0.15, -0.1) is 0 Å². The van der Waals surface area contributed by atoms with E-state index in [0.717, 1.165) is 27.9 Å². The molecule has 2 aromatic carbocycles. The van der Waals surface area contributed by atoms with Crippen LogP contribution in [-0.2, 0) is 13.6 Å². The van der Waals surface area contributed by atoms with Crippen molar-refractivity contribution in [3.63, 3.8) is 0 Å². The van der Waals surface area contributed by atoms with Crippen molar-refractivity contribution in [3.05, 3.63) is 54.2 Å². The number of carbonyl (C=O) groups is 1. The lowest BCUT2D eigenvalue weighted by atomic mass is 10.2. The maximum absolute atomic E-state index is 12.1. The molecule has 24 heavy (non-hydrogen) atoms. The summed E-state index contributed by atoms with van der Waals surface area (Å²) in [7, 11) is 1.99. The van der Waals surface area contributed by atoms with Crippen molar-refractivity contribution in [3.8, 4) is 11.5 Å². The monoisotopic (exact) mass is 323 g/mol. The van der Waals surface area contributed by atoms with E-state index in [1.165, 1.54) is 0 Å². The van der Waals surface area contributed by atoms with Gasteiger partial charge in [-0.2, -0.15) is 0 Å². The summed E-state index contributed by atoms with van der Waals surface area (Å²) in [6.45, 7) is 0.657. The van der Waals surface area contributed by atoms with Gasteiger partial charge >= 0.3 is 6.03 Å². The molecule has 6 heteroatoms. The number of rotatable bonds is 3. The van der Waals surface area contributed by atoms with Gasteiger partial charge in [0.05, 0.1) is 0 Å². The number of nitrogens with one attached hydrogen (secondary N) is 2. The van der Waals surface area contributed by atoms with Crippen molar-refractivity contribution in [1.29, 1.82) is 0 Å². The second-order valence-corrected chi connectivity index (χ2v) is 5.70. The number of amides is 2. The molecule has 2 N–H and O–H groups in total. The molecule has 1 aliphatic rings. The van der Waals surface area contributed by atoms with Crippen LogP contribution in [0.1, 0.15) is 5.56 Å². The maximum atomic E-state index is 12.1. The van der Waals surface area contributed by atoms with E-state index in [4.69, 9.17) is 9.47 Å². The summed E-state index contributed by atoms with van der Waals surface area (Å²) in [6, 6.07) is 13.2. The molecule has 4 rings (SSSR count). The van der Waals surface area contributed by atoms with Crippen LogP contribution in [0, 0.1) is 0 Å². The first-order valence-corrected chi connectivity index (χ1v) is 7.67. The average molecular weight is 323 g/mol. The van der Waals surface area contributed by atoms with Crippen LogP contribution in [0.2, 0.25) is 0 Å². The summed E-state index contributed by atoms with van der Waals surface area (Å²) in [5.41, 5.74) is 2.84. The predicted molar refractivity (Wildman–Crippen MR) is 91.3 cm³/mol. The van der Waals surface area contributed by atoms with Crippen molar-refractivity contribution in [2.75, 3.05) is 12.1 Å². The Hall–Kier alpha value is -3.15. The minimum atomic E-state index is -0.247. The number of aryl methyl sites for hydroxylation is 1. The molecular weight excluding hydrogens is 306 g/mol. The van der Waals surface area contributed by atoms with E-state index in [1.54, 1.807) is 0 Å². The summed E-state index contributed by atoms with van der Waals surface area (Å²) in [4.78, 5) is 12.1. The van der Waals surface area contributed by atoms with E-state index in [1.807, 2.05) is 60.3 Å². The molecule has 0 bridgehead atoms. The van der Waals surface area contributed by atoms with Crippen molar-refractivity contribution in [1.82, 2.24) is 9.88 Å². The van der Waals surface area contributed by atoms with Gasteiger partial charge in [-0.1, -0.05) is 6.07 Å². The molecule has 1 aromatic heterocycles. The molecule has 0 saturated heterocycles. The number of fused-ring (bicyclic) bond motifs is 2. The Morgan fingerprint density at radius 2 is 2.00 bits per heavy atom. The Labute approximate surface area is 139 Å². The van der Waals surface area contributed by atoms with E-state index in [-0.39, 0.29) is 12.8 Å². The Morgan fingerprint density at radius 1 is 1.12 bits per heavy atom. The molecular formula is C18H17N3O3. The van der Waals surface area contributed by atoms with Gasteiger partial charge in [-0.25, -0.2) is 4.79 Å². The van der Waals surface area contributed by atoms with Gasteiger partial charge in [0, 0.05) is 36.4 Å². The van der Waals surface area contributed by atoms with Crippen molar-refractivity contribution in [2.45, 2.75) is 6.54 Å². The second-order valence-electron chi connectivity index (χ2n) is 5.70. The molecule has 0 aliphatic carbocycles. The van der Waals surface area contributed by atoms with Crippen LogP contribution in [0.3, 0.4) is 0 Å². The van der Waals surface area contributed by atoms with Gasteiger partial charge < -0.3 is 24.7 Å². The van der Waals surface area contributed by atoms with Crippen molar-refractivity contribution in [2.24, 2.45) is 7.05 Å². The molecule has 0 radical (unpaired) electrons. The summed E-state index contributed by atoms with van der Waals surface area (Å²) in [5, 5.41) is 6.78. The van der Waals surface area contributed by atoms with E-state index >= 15 is 0 Å². The number of hydrogen-bond donors (Lipinski definition) is 2. The van der Waals surface area contributed by atoms with Gasteiger partial charge in [0.15, 0.2) is 11.5 Å². The highest BCUT2D eigenvalue weighted by Crippen LogP contribution is 2.32. The molecule has 6 nitrogen and oxygen atoms in total. The zero-order valence-corrected chi connectivity index (χ0v) is 13.2. The number of benzene rings is 2. The molecule has 3 aromatic rings. The first-order chi connectivity index (χ1) is 11.7. The molecule has 0 fully saturated rings. The fraction of sp³-hybridized carbons (Fsp3) is 0.167. The first kappa shape index (κ1) is 14.4. The summed E-state index contributed by atoms with van der Waals surface area (Å²) >= 11 is 0. The van der Waals surface area contributed by atoms with Gasteiger partial charge in [0.2, 0.25) is 6.79 Å². The van der Waals surface area contributed by atoms with Crippen molar-refractivity contribution < 1.29 is 14.3 Å². The molecule has 0 atom stereocenters. The minimum absolute atomic E-state index is 0.245. The number of urea groups is 1. The van der Waals surface area contributed by atoms with Gasteiger partial charge in [0.1, 0.15) is 0 Å².